The van der Waals surface area contributed by atoms with Crippen molar-refractivity contribution in [2.24, 2.45) is 11.8 Å². The number of nitrogens with one attached hydrogen (secondary N) is 2. The van der Waals surface area contributed by atoms with Crippen LogP contribution < -0.4 is 15.4 Å². The number of carbonyl (C=O) groups excluding carboxylic acids is 1. The summed E-state index contributed by atoms with van der Waals surface area (Å²) in [5.74, 6) is 1.64. The summed E-state index contributed by atoms with van der Waals surface area (Å²) in [4.78, 5) is 12.4. The normalized spacial score (nSPS) is 16.4. The first-order valence-corrected chi connectivity index (χ1v) is 8.59. The summed E-state index contributed by atoms with van der Waals surface area (Å²) in [5.41, 5.74) is 1.38. The maximum Gasteiger partial charge on any atom is 0.224 e. The van der Waals surface area contributed by atoms with E-state index in [1.54, 1.807) is 13.2 Å². The number of amides is 1. The minimum atomic E-state index is 0.0267. The first-order chi connectivity index (χ1) is 12.2. The van der Waals surface area contributed by atoms with Crippen LogP contribution in [0.5, 0.6) is 5.75 Å². The molecular formula is C17H24N6O2. The molecule has 1 fully saturated rings. The highest BCUT2D eigenvalue weighted by Gasteiger charge is 2.22. The molecule has 8 heteroatoms. The second kappa shape index (κ2) is 8.06. The Morgan fingerprint density at radius 3 is 2.92 bits per heavy atom. The molecule has 0 radical (unpaired) electrons. The minimum absolute atomic E-state index is 0.0267. The molecule has 1 aromatic heterocycles. The van der Waals surface area contributed by atoms with Gasteiger partial charge in [0.1, 0.15) is 17.8 Å². The third kappa shape index (κ3) is 4.33. The van der Waals surface area contributed by atoms with E-state index >= 15 is 0 Å². The summed E-state index contributed by atoms with van der Waals surface area (Å²) in [6.07, 6.45) is 4.29. The van der Waals surface area contributed by atoms with E-state index in [0.29, 0.717) is 35.4 Å². The third-order valence-electron chi connectivity index (χ3n) is 4.75. The molecule has 0 saturated carbocycles. The van der Waals surface area contributed by atoms with Crippen molar-refractivity contribution in [2.75, 3.05) is 25.5 Å². The molecule has 0 aliphatic carbocycles. The predicted octanol–water partition coefficient (Wildman–Crippen LogP) is 1.64. The van der Waals surface area contributed by atoms with Crippen molar-refractivity contribution in [2.45, 2.75) is 26.2 Å². The van der Waals surface area contributed by atoms with E-state index in [1.165, 1.54) is 11.0 Å². The van der Waals surface area contributed by atoms with Gasteiger partial charge in [0.2, 0.25) is 5.91 Å². The van der Waals surface area contributed by atoms with Crippen LogP contribution in [0.25, 0.3) is 5.69 Å². The van der Waals surface area contributed by atoms with Crippen LogP contribution in [0.4, 0.5) is 5.69 Å². The van der Waals surface area contributed by atoms with Gasteiger partial charge in [-0.1, -0.05) is 6.92 Å². The predicted molar refractivity (Wildman–Crippen MR) is 93.7 cm³/mol. The minimum Gasteiger partial charge on any atom is -0.494 e. The number of aromatic nitrogens is 4. The molecular weight excluding hydrogens is 320 g/mol. The lowest BCUT2D eigenvalue weighted by atomic mass is 9.84. The molecule has 1 aromatic carbocycles. The number of tetrazole rings is 1. The van der Waals surface area contributed by atoms with Crippen molar-refractivity contribution in [3.05, 3.63) is 24.5 Å². The topological polar surface area (TPSA) is 94.0 Å². The highest BCUT2D eigenvalue weighted by molar-refractivity contribution is 5.91. The lowest BCUT2D eigenvalue weighted by molar-refractivity contribution is -0.117. The first kappa shape index (κ1) is 17.3. The summed E-state index contributed by atoms with van der Waals surface area (Å²) in [5, 5.41) is 17.5. The second-order valence-electron chi connectivity index (χ2n) is 6.46. The Hall–Kier alpha value is -2.48. The molecule has 1 aliphatic heterocycles. The fraction of sp³-hybridized carbons (Fsp3) is 0.529. The SMILES string of the molecule is COc1ccc(NC(=O)CC(C)C2CCNCC2)cc1-n1cnnn1. The Labute approximate surface area is 146 Å². The van der Waals surface area contributed by atoms with Gasteiger partial charge in [0.25, 0.3) is 0 Å². The molecule has 1 unspecified atom stereocenters. The number of ether oxygens (including phenoxy) is 1. The molecule has 1 atom stereocenters. The molecule has 0 spiro atoms. The fourth-order valence-corrected chi connectivity index (χ4v) is 3.30. The van der Waals surface area contributed by atoms with Crippen LogP contribution in [0.15, 0.2) is 24.5 Å². The van der Waals surface area contributed by atoms with E-state index in [2.05, 4.69) is 33.1 Å². The number of carbonyl (C=O) groups is 1. The van der Waals surface area contributed by atoms with Gasteiger partial charge >= 0.3 is 0 Å². The van der Waals surface area contributed by atoms with Crippen LogP contribution in [-0.2, 0) is 4.79 Å². The highest BCUT2D eigenvalue weighted by Crippen LogP contribution is 2.27. The van der Waals surface area contributed by atoms with Crippen LogP contribution in [0.3, 0.4) is 0 Å². The van der Waals surface area contributed by atoms with Crippen molar-refractivity contribution in [1.82, 2.24) is 25.5 Å². The molecule has 8 nitrogen and oxygen atoms in total. The molecule has 2 aromatic rings. The Balaban J connectivity index is 1.66. The van der Waals surface area contributed by atoms with Crippen LogP contribution in [0.1, 0.15) is 26.2 Å². The van der Waals surface area contributed by atoms with E-state index in [-0.39, 0.29) is 5.91 Å². The van der Waals surface area contributed by atoms with Crippen LogP contribution >= 0.6 is 0 Å². The van der Waals surface area contributed by atoms with Crippen LogP contribution in [0, 0.1) is 11.8 Å². The van der Waals surface area contributed by atoms with E-state index < -0.39 is 0 Å². The highest BCUT2D eigenvalue weighted by atomic mass is 16.5. The molecule has 0 bridgehead atoms. The maximum atomic E-state index is 12.4. The van der Waals surface area contributed by atoms with Gasteiger partial charge in [0.05, 0.1) is 7.11 Å². The first-order valence-electron chi connectivity index (χ1n) is 8.59. The average molecular weight is 344 g/mol. The van der Waals surface area contributed by atoms with Crippen LogP contribution in [0.2, 0.25) is 0 Å². The average Bonchev–Trinajstić information content (AvgIpc) is 3.17. The largest absolute Gasteiger partial charge is 0.494 e. The number of methoxy groups -OCH3 is 1. The number of hydrogen-bond acceptors (Lipinski definition) is 6. The molecule has 1 aliphatic rings. The Morgan fingerprint density at radius 2 is 2.24 bits per heavy atom. The second-order valence-corrected chi connectivity index (χ2v) is 6.46. The fourth-order valence-electron chi connectivity index (χ4n) is 3.30. The summed E-state index contributed by atoms with van der Waals surface area (Å²) >= 11 is 0. The number of rotatable bonds is 6. The lowest BCUT2D eigenvalue weighted by Crippen LogP contribution is -2.32. The quantitative estimate of drug-likeness (QED) is 0.827. The lowest BCUT2D eigenvalue weighted by Gasteiger charge is -2.27. The molecule has 2 N–H and O–H groups in total. The Kier molecular flexibility index (Phi) is 5.60. The van der Waals surface area contributed by atoms with Crippen molar-refractivity contribution in [3.63, 3.8) is 0 Å². The maximum absolute atomic E-state index is 12.4. The summed E-state index contributed by atoms with van der Waals surface area (Å²) in [6, 6.07) is 5.42. The third-order valence-corrected chi connectivity index (χ3v) is 4.75. The standard InChI is InChI=1S/C17H24N6O2/c1-12(13-5-7-18-8-6-13)9-17(24)20-14-3-4-16(25-2)15(10-14)23-11-19-21-22-23/h3-4,10-13,18H,5-9H2,1-2H3,(H,20,24). The monoisotopic (exact) mass is 344 g/mol. The summed E-state index contributed by atoms with van der Waals surface area (Å²) in [7, 11) is 1.59. The molecule has 1 saturated heterocycles. The van der Waals surface area contributed by atoms with Gasteiger partial charge in [-0.15, -0.1) is 5.10 Å². The molecule has 25 heavy (non-hydrogen) atoms. The smallest absolute Gasteiger partial charge is 0.224 e. The summed E-state index contributed by atoms with van der Waals surface area (Å²) in [6.45, 7) is 4.25. The summed E-state index contributed by atoms with van der Waals surface area (Å²) < 4.78 is 6.84. The number of benzene rings is 1. The number of anilines is 1. The van der Waals surface area contributed by atoms with Crippen molar-refractivity contribution in [3.8, 4) is 11.4 Å². The van der Waals surface area contributed by atoms with Crippen molar-refractivity contribution >= 4 is 11.6 Å². The van der Waals surface area contributed by atoms with Gasteiger partial charge in [-0.25, -0.2) is 0 Å². The van der Waals surface area contributed by atoms with Crippen LogP contribution in [-0.4, -0.2) is 46.3 Å². The van der Waals surface area contributed by atoms with Gasteiger partial charge in [-0.3, -0.25) is 4.79 Å². The van der Waals surface area contributed by atoms with Crippen molar-refractivity contribution in [1.29, 1.82) is 0 Å². The van der Waals surface area contributed by atoms with Crippen molar-refractivity contribution < 1.29 is 9.53 Å². The van der Waals surface area contributed by atoms with E-state index in [1.807, 2.05) is 12.1 Å². The zero-order valence-corrected chi connectivity index (χ0v) is 14.6. The van der Waals surface area contributed by atoms with E-state index in [4.69, 9.17) is 4.74 Å². The van der Waals surface area contributed by atoms with Gasteiger partial charge in [0.15, 0.2) is 0 Å². The van der Waals surface area contributed by atoms with E-state index in [9.17, 15) is 4.79 Å². The Bertz CT molecular complexity index is 697. The van der Waals surface area contributed by atoms with E-state index in [0.717, 1.165) is 25.9 Å². The van der Waals surface area contributed by atoms with Gasteiger partial charge in [-0.2, -0.15) is 4.68 Å². The molecule has 2 heterocycles. The zero-order chi connectivity index (χ0) is 17.6. The number of hydrogen-bond donors (Lipinski definition) is 2. The molecule has 134 valence electrons. The molecule has 1 amide bonds. The Morgan fingerprint density at radius 1 is 1.44 bits per heavy atom. The van der Waals surface area contributed by atoms with Gasteiger partial charge < -0.3 is 15.4 Å². The zero-order valence-electron chi connectivity index (χ0n) is 14.6. The number of nitrogens with zero attached hydrogens (tertiary/aromatic N) is 4. The van der Waals surface area contributed by atoms with Gasteiger partial charge in [-0.05, 0) is 66.4 Å². The number of piperidine rings is 1. The molecule has 3 rings (SSSR count). The van der Waals surface area contributed by atoms with Gasteiger partial charge in [0, 0.05) is 12.1 Å².